The van der Waals surface area contributed by atoms with E-state index < -0.39 is 0 Å². The Morgan fingerprint density at radius 1 is 1.33 bits per heavy atom. The van der Waals surface area contributed by atoms with Crippen molar-refractivity contribution in [2.24, 2.45) is 0 Å². The SMILES string of the molecule is COc1ccc(N)c(C(=O)NC(C)c2cc(C)oc2C)c1. The Kier molecular flexibility index (Phi) is 4.21. The van der Waals surface area contributed by atoms with Gasteiger partial charge in [0.2, 0.25) is 0 Å². The van der Waals surface area contributed by atoms with Gasteiger partial charge in [0.1, 0.15) is 17.3 Å². The van der Waals surface area contributed by atoms with Crippen molar-refractivity contribution in [3.05, 3.63) is 46.9 Å². The van der Waals surface area contributed by atoms with Crippen LogP contribution in [0.15, 0.2) is 28.7 Å². The summed E-state index contributed by atoms with van der Waals surface area (Å²) in [6.07, 6.45) is 0. The molecule has 2 rings (SSSR count). The monoisotopic (exact) mass is 288 g/mol. The van der Waals surface area contributed by atoms with Crippen LogP contribution in [0, 0.1) is 13.8 Å². The molecule has 0 saturated carbocycles. The molecule has 2 aromatic rings. The summed E-state index contributed by atoms with van der Waals surface area (Å²) >= 11 is 0. The third-order valence-electron chi connectivity index (χ3n) is 3.40. The molecule has 1 heterocycles. The van der Waals surface area contributed by atoms with Crippen molar-refractivity contribution in [2.45, 2.75) is 26.8 Å². The highest BCUT2D eigenvalue weighted by Gasteiger charge is 2.18. The number of aryl methyl sites for hydroxylation is 2. The van der Waals surface area contributed by atoms with Crippen molar-refractivity contribution in [3.63, 3.8) is 0 Å². The number of furan rings is 1. The van der Waals surface area contributed by atoms with Gasteiger partial charge in [-0.05, 0) is 45.0 Å². The molecule has 0 aliphatic rings. The van der Waals surface area contributed by atoms with E-state index >= 15 is 0 Å². The van der Waals surface area contributed by atoms with Crippen LogP contribution in [0.3, 0.4) is 0 Å². The molecule has 0 spiro atoms. The Bertz CT molecular complexity index is 662. The molecule has 0 aliphatic heterocycles. The molecule has 112 valence electrons. The van der Waals surface area contributed by atoms with Gasteiger partial charge in [0, 0.05) is 11.3 Å². The molecule has 1 amide bonds. The second kappa shape index (κ2) is 5.91. The molecule has 1 aromatic carbocycles. The van der Waals surface area contributed by atoms with Gasteiger partial charge in [-0.2, -0.15) is 0 Å². The molecule has 3 N–H and O–H groups in total. The second-order valence-corrected chi connectivity index (χ2v) is 5.02. The number of nitrogens with one attached hydrogen (secondary N) is 1. The number of anilines is 1. The molecule has 1 atom stereocenters. The fourth-order valence-electron chi connectivity index (χ4n) is 2.29. The fourth-order valence-corrected chi connectivity index (χ4v) is 2.29. The van der Waals surface area contributed by atoms with Gasteiger partial charge < -0.3 is 20.2 Å². The second-order valence-electron chi connectivity index (χ2n) is 5.02. The number of nitrogens with two attached hydrogens (primary N) is 1. The third-order valence-corrected chi connectivity index (χ3v) is 3.40. The topological polar surface area (TPSA) is 77.5 Å². The summed E-state index contributed by atoms with van der Waals surface area (Å²) in [5.74, 6) is 1.98. The van der Waals surface area contributed by atoms with Gasteiger partial charge in [0.05, 0.1) is 18.7 Å². The first kappa shape index (κ1) is 15.0. The zero-order chi connectivity index (χ0) is 15.6. The maximum atomic E-state index is 12.4. The van der Waals surface area contributed by atoms with Gasteiger partial charge in [-0.25, -0.2) is 0 Å². The first-order valence-electron chi connectivity index (χ1n) is 6.73. The number of carbonyl (C=O) groups is 1. The van der Waals surface area contributed by atoms with Gasteiger partial charge in [0.15, 0.2) is 0 Å². The number of ether oxygens (including phenoxy) is 1. The lowest BCUT2D eigenvalue weighted by molar-refractivity contribution is 0.0940. The minimum absolute atomic E-state index is 0.166. The molecule has 1 unspecified atom stereocenters. The average Bonchev–Trinajstić information content (AvgIpc) is 2.78. The van der Waals surface area contributed by atoms with Crippen molar-refractivity contribution < 1.29 is 13.9 Å². The maximum absolute atomic E-state index is 12.4. The van der Waals surface area contributed by atoms with Gasteiger partial charge >= 0.3 is 0 Å². The van der Waals surface area contributed by atoms with E-state index in [-0.39, 0.29) is 11.9 Å². The lowest BCUT2D eigenvalue weighted by atomic mass is 10.1. The van der Waals surface area contributed by atoms with Crippen molar-refractivity contribution in [2.75, 3.05) is 12.8 Å². The van der Waals surface area contributed by atoms with E-state index in [1.165, 1.54) is 0 Å². The third kappa shape index (κ3) is 3.18. The van der Waals surface area contributed by atoms with Crippen molar-refractivity contribution >= 4 is 11.6 Å². The lowest BCUT2D eigenvalue weighted by Gasteiger charge is -2.15. The Balaban J connectivity index is 2.20. The average molecular weight is 288 g/mol. The quantitative estimate of drug-likeness (QED) is 0.848. The smallest absolute Gasteiger partial charge is 0.253 e. The van der Waals surface area contributed by atoms with Crippen LogP contribution in [0.25, 0.3) is 0 Å². The first-order valence-corrected chi connectivity index (χ1v) is 6.73. The normalized spacial score (nSPS) is 12.0. The number of nitrogen functional groups attached to an aromatic ring is 1. The molecular weight excluding hydrogens is 268 g/mol. The number of rotatable bonds is 4. The van der Waals surface area contributed by atoms with Crippen molar-refractivity contribution in [3.8, 4) is 5.75 Å². The van der Waals surface area contributed by atoms with Crippen LogP contribution in [-0.4, -0.2) is 13.0 Å². The Morgan fingerprint density at radius 2 is 2.05 bits per heavy atom. The minimum Gasteiger partial charge on any atom is -0.497 e. The summed E-state index contributed by atoms with van der Waals surface area (Å²) in [5.41, 5.74) is 7.64. The first-order chi connectivity index (χ1) is 9.92. The Hall–Kier alpha value is -2.43. The largest absolute Gasteiger partial charge is 0.497 e. The molecule has 5 nitrogen and oxygen atoms in total. The highest BCUT2D eigenvalue weighted by atomic mass is 16.5. The van der Waals surface area contributed by atoms with Crippen LogP contribution < -0.4 is 15.8 Å². The van der Waals surface area contributed by atoms with Crippen molar-refractivity contribution in [1.82, 2.24) is 5.32 Å². The van der Waals surface area contributed by atoms with Gasteiger partial charge in [-0.1, -0.05) is 0 Å². The molecule has 0 fully saturated rings. The fraction of sp³-hybridized carbons (Fsp3) is 0.312. The van der Waals surface area contributed by atoms with Crippen LogP contribution in [-0.2, 0) is 0 Å². The van der Waals surface area contributed by atoms with E-state index in [4.69, 9.17) is 14.9 Å². The maximum Gasteiger partial charge on any atom is 0.253 e. The summed E-state index contributed by atoms with van der Waals surface area (Å²) in [6.45, 7) is 5.67. The summed E-state index contributed by atoms with van der Waals surface area (Å²) in [6, 6.07) is 6.77. The zero-order valence-electron chi connectivity index (χ0n) is 12.7. The number of benzene rings is 1. The van der Waals surface area contributed by atoms with Crippen molar-refractivity contribution in [1.29, 1.82) is 0 Å². The van der Waals surface area contributed by atoms with Gasteiger partial charge in [-0.15, -0.1) is 0 Å². The highest BCUT2D eigenvalue weighted by Crippen LogP contribution is 2.23. The van der Waals surface area contributed by atoms with Gasteiger partial charge in [-0.3, -0.25) is 4.79 Å². The zero-order valence-corrected chi connectivity index (χ0v) is 12.7. The minimum atomic E-state index is -0.239. The van der Waals surface area contributed by atoms with E-state index in [9.17, 15) is 4.79 Å². The lowest BCUT2D eigenvalue weighted by Crippen LogP contribution is -2.27. The summed E-state index contributed by atoms with van der Waals surface area (Å²) in [5, 5.41) is 2.92. The number of hydrogen-bond acceptors (Lipinski definition) is 4. The molecule has 0 saturated heterocycles. The van der Waals surface area contributed by atoms with Crippen LogP contribution >= 0.6 is 0 Å². The summed E-state index contributed by atoms with van der Waals surface area (Å²) in [4.78, 5) is 12.4. The van der Waals surface area contributed by atoms with E-state index in [1.807, 2.05) is 26.8 Å². The summed E-state index contributed by atoms with van der Waals surface area (Å²) in [7, 11) is 1.55. The van der Waals surface area contributed by atoms with E-state index in [1.54, 1.807) is 25.3 Å². The van der Waals surface area contributed by atoms with Crippen LogP contribution in [0.4, 0.5) is 5.69 Å². The molecule has 0 aliphatic carbocycles. The van der Waals surface area contributed by atoms with Crippen LogP contribution in [0.5, 0.6) is 5.75 Å². The predicted molar refractivity (Wildman–Crippen MR) is 81.5 cm³/mol. The molecule has 1 aromatic heterocycles. The number of amides is 1. The highest BCUT2D eigenvalue weighted by molar-refractivity contribution is 5.99. The molecule has 21 heavy (non-hydrogen) atoms. The Labute approximate surface area is 124 Å². The molecule has 0 bridgehead atoms. The van der Waals surface area contributed by atoms with Crippen LogP contribution in [0.2, 0.25) is 0 Å². The van der Waals surface area contributed by atoms with Crippen LogP contribution in [0.1, 0.15) is 40.4 Å². The number of methoxy groups -OCH3 is 1. The summed E-state index contributed by atoms with van der Waals surface area (Å²) < 4.78 is 10.6. The Morgan fingerprint density at radius 3 is 2.62 bits per heavy atom. The number of hydrogen-bond donors (Lipinski definition) is 2. The van der Waals surface area contributed by atoms with Gasteiger partial charge in [0.25, 0.3) is 5.91 Å². The molecule has 0 radical (unpaired) electrons. The number of carbonyl (C=O) groups excluding carboxylic acids is 1. The van der Waals surface area contributed by atoms with E-state index in [0.29, 0.717) is 17.0 Å². The molecule has 5 heteroatoms. The predicted octanol–water partition coefficient (Wildman–Crippen LogP) is 2.98. The van der Waals surface area contributed by atoms with E-state index in [0.717, 1.165) is 17.1 Å². The van der Waals surface area contributed by atoms with E-state index in [2.05, 4.69) is 5.32 Å². The standard InChI is InChI=1S/C16H20N2O3/c1-9-7-13(11(3)21-9)10(2)18-16(19)14-8-12(20-4)5-6-15(14)17/h5-8,10H,17H2,1-4H3,(H,18,19). The molecular formula is C16H20N2O3.